The molecule has 0 aliphatic heterocycles. The highest BCUT2D eigenvalue weighted by atomic mass is 14.2. The number of fused-ring (bicyclic) bond motifs is 4. The van der Waals surface area contributed by atoms with Gasteiger partial charge in [-0.1, -0.05) is 258 Å². The fraction of sp³-hybridized carbons (Fsp3) is 0.417. The Morgan fingerprint density at radius 3 is 0.750 bits per heavy atom. The molecule has 0 fully saturated rings. The normalized spacial score (nSPS) is 7.81. The Morgan fingerprint density at radius 1 is 0.271 bits per heavy atom. The molecule has 5 aromatic rings. The van der Waals surface area contributed by atoms with Crippen molar-refractivity contribution in [1.29, 1.82) is 0 Å². The summed E-state index contributed by atoms with van der Waals surface area (Å²) < 4.78 is 0. The molecule has 0 amide bonds. The molecule has 0 atom stereocenters. The molecule has 0 unspecified atom stereocenters. The first-order valence-electron chi connectivity index (χ1n) is 19.4. The Hall–Kier alpha value is -3.64. The van der Waals surface area contributed by atoms with Gasteiger partial charge in [0.1, 0.15) is 0 Å². The van der Waals surface area contributed by atoms with Crippen LogP contribution in [0.3, 0.4) is 0 Å². The van der Waals surface area contributed by atoms with Crippen LogP contribution in [0.2, 0.25) is 0 Å². The Labute approximate surface area is 303 Å². The Morgan fingerprint density at radius 2 is 0.500 bits per heavy atom. The van der Waals surface area contributed by atoms with Gasteiger partial charge in [-0.15, -0.1) is 0 Å². The number of hydrogen-bond acceptors (Lipinski definition) is 0. The van der Waals surface area contributed by atoms with Crippen LogP contribution in [0.15, 0.2) is 127 Å². The maximum Gasteiger partial charge on any atom is -0.00135 e. The molecule has 0 saturated carbocycles. The molecule has 0 heteroatoms. The number of hydrogen-bond donors (Lipinski definition) is 0. The first kappa shape index (κ1) is 56.7. The maximum atomic E-state index is 2.22. The van der Waals surface area contributed by atoms with Crippen LogP contribution in [0, 0.1) is 6.92 Å². The molecule has 0 radical (unpaired) electrons. The van der Waals surface area contributed by atoms with Crippen LogP contribution in [-0.4, -0.2) is 0 Å². The quantitative estimate of drug-likeness (QED) is 0.153. The van der Waals surface area contributed by atoms with Gasteiger partial charge in [0.25, 0.3) is 0 Å². The van der Waals surface area contributed by atoms with Crippen molar-refractivity contribution in [3.8, 4) is 11.1 Å². The van der Waals surface area contributed by atoms with Crippen LogP contribution in [-0.2, 0) is 6.42 Å². The van der Waals surface area contributed by atoms with Crippen molar-refractivity contribution in [2.24, 2.45) is 0 Å². The summed E-state index contributed by atoms with van der Waals surface area (Å²) in [6, 6.07) is 44.3. The fourth-order valence-electron chi connectivity index (χ4n) is 3.75. The van der Waals surface area contributed by atoms with E-state index in [0.29, 0.717) is 0 Å². The van der Waals surface area contributed by atoms with Gasteiger partial charge in [-0.25, -0.2) is 0 Å². The SMILES string of the molecule is CC.CC.CC.CC.CC.CC.CC.CC.CC.Cc1ccccc1.c1ccc2c(c1)Cc1ccccc1-2.c1ccc2ccccc2c1. The van der Waals surface area contributed by atoms with E-state index in [-0.39, 0.29) is 0 Å². The Balaban J connectivity index is -0.000000114. The third-order valence-electron chi connectivity index (χ3n) is 5.30. The highest BCUT2D eigenvalue weighted by Crippen LogP contribution is 2.35. The van der Waals surface area contributed by atoms with Crippen LogP contribution in [0.4, 0.5) is 0 Å². The summed E-state index contributed by atoms with van der Waals surface area (Å²) in [6.07, 6.45) is 1.10. The van der Waals surface area contributed by atoms with E-state index in [0.717, 1.165) is 6.42 Å². The van der Waals surface area contributed by atoms with Gasteiger partial charge < -0.3 is 0 Å². The molecule has 5 aromatic carbocycles. The molecule has 0 heterocycles. The lowest BCUT2D eigenvalue weighted by Gasteiger charge is -1.98. The zero-order valence-corrected chi connectivity index (χ0v) is 35.3. The van der Waals surface area contributed by atoms with Gasteiger partial charge in [-0.2, -0.15) is 0 Å². The van der Waals surface area contributed by atoms with E-state index in [1.165, 1.54) is 38.6 Å². The molecule has 0 spiro atoms. The van der Waals surface area contributed by atoms with Gasteiger partial charge in [-0.3, -0.25) is 0 Å². The summed E-state index contributed by atoms with van der Waals surface area (Å²) in [5, 5.41) is 2.62. The highest BCUT2D eigenvalue weighted by molar-refractivity contribution is 5.82. The third-order valence-corrected chi connectivity index (χ3v) is 5.30. The van der Waals surface area contributed by atoms with Crippen LogP contribution in [0.1, 0.15) is 141 Å². The van der Waals surface area contributed by atoms with E-state index in [9.17, 15) is 0 Å². The number of aryl methyl sites for hydroxylation is 1. The van der Waals surface area contributed by atoms with Crippen molar-refractivity contribution in [2.75, 3.05) is 0 Å². The second-order valence-corrected chi connectivity index (χ2v) is 7.49. The Kier molecular flexibility index (Phi) is 59.3. The topological polar surface area (TPSA) is 0 Å². The molecular formula is C48H80. The average molecular weight is 657 g/mol. The molecule has 1 aliphatic rings. The summed E-state index contributed by atoms with van der Waals surface area (Å²) in [5.74, 6) is 0. The molecule has 272 valence electrons. The highest BCUT2D eigenvalue weighted by Gasteiger charge is 2.15. The predicted molar refractivity (Wildman–Crippen MR) is 232 cm³/mol. The van der Waals surface area contributed by atoms with E-state index >= 15 is 0 Å². The summed E-state index contributed by atoms with van der Waals surface area (Å²) in [6.45, 7) is 38.1. The lowest BCUT2D eigenvalue weighted by molar-refractivity contribution is 1.26. The predicted octanol–water partition coefficient (Wildman–Crippen LogP) is 17.3. The molecule has 6 rings (SSSR count). The second kappa shape index (κ2) is 50.2. The zero-order valence-electron chi connectivity index (χ0n) is 35.3. The van der Waals surface area contributed by atoms with Crippen LogP contribution in [0.5, 0.6) is 0 Å². The van der Waals surface area contributed by atoms with E-state index < -0.39 is 0 Å². The number of benzene rings is 5. The van der Waals surface area contributed by atoms with Crippen molar-refractivity contribution >= 4 is 10.8 Å². The largest absolute Gasteiger partial charge is 0.0683 e. The lowest BCUT2D eigenvalue weighted by atomic mass is 10.1. The van der Waals surface area contributed by atoms with E-state index in [1.54, 1.807) is 0 Å². The van der Waals surface area contributed by atoms with Crippen LogP contribution in [0.25, 0.3) is 21.9 Å². The van der Waals surface area contributed by atoms with E-state index in [2.05, 4.69) is 116 Å². The van der Waals surface area contributed by atoms with Gasteiger partial charge >= 0.3 is 0 Å². The monoisotopic (exact) mass is 657 g/mol. The second-order valence-electron chi connectivity index (χ2n) is 7.49. The van der Waals surface area contributed by atoms with Crippen molar-refractivity contribution in [2.45, 2.75) is 138 Å². The molecule has 0 nitrogen and oxygen atoms in total. The minimum absolute atomic E-state index is 1.10. The number of rotatable bonds is 0. The molecular weight excluding hydrogens is 577 g/mol. The molecule has 0 aromatic heterocycles. The molecule has 0 saturated heterocycles. The van der Waals surface area contributed by atoms with Gasteiger partial charge in [0.2, 0.25) is 0 Å². The van der Waals surface area contributed by atoms with E-state index in [4.69, 9.17) is 0 Å². The van der Waals surface area contributed by atoms with Crippen molar-refractivity contribution in [1.82, 2.24) is 0 Å². The zero-order chi connectivity index (χ0) is 38.6. The summed E-state index contributed by atoms with van der Waals surface area (Å²) in [7, 11) is 0. The molecule has 1 aliphatic carbocycles. The van der Waals surface area contributed by atoms with Gasteiger partial charge in [-0.05, 0) is 46.4 Å². The molecule has 48 heavy (non-hydrogen) atoms. The summed E-state index contributed by atoms with van der Waals surface area (Å²) in [5.41, 5.74) is 7.08. The first-order chi connectivity index (χ1) is 23.8. The Bertz CT molecular complexity index is 1110. The third kappa shape index (κ3) is 26.4. The van der Waals surface area contributed by atoms with Gasteiger partial charge in [0, 0.05) is 0 Å². The van der Waals surface area contributed by atoms with Crippen LogP contribution >= 0.6 is 0 Å². The van der Waals surface area contributed by atoms with Gasteiger partial charge in [0.15, 0.2) is 0 Å². The lowest BCUT2D eigenvalue weighted by Crippen LogP contribution is -1.77. The van der Waals surface area contributed by atoms with Crippen molar-refractivity contribution in [3.63, 3.8) is 0 Å². The van der Waals surface area contributed by atoms with Gasteiger partial charge in [0.05, 0.1) is 0 Å². The summed E-state index contributed by atoms with van der Waals surface area (Å²) in [4.78, 5) is 0. The van der Waals surface area contributed by atoms with Crippen molar-refractivity contribution in [3.05, 3.63) is 144 Å². The molecule has 0 N–H and O–H groups in total. The molecule has 0 bridgehead atoms. The fourth-order valence-corrected chi connectivity index (χ4v) is 3.75. The minimum Gasteiger partial charge on any atom is -0.0683 e. The van der Waals surface area contributed by atoms with E-state index in [1.807, 2.05) is 143 Å². The first-order valence-corrected chi connectivity index (χ1v) is 19.4. The standard InChI is InChI=1S/C13H10.C10H8.C7H8.9C2H6/c1-3-7-12-10(5-1)9-11-6-2-4-8-13(11)12;1-2-6-10-8-4-3-7-9(10)5-1;1-7-5-3-2-4-6-7;9*1-2/h1-8H,9H2;1-8H;2-6H,1H3;9*1-2H3. The maximum absolute atomic E-state index is 2.22. The summed E-state index contributed by atoms with van der Waals surface area (Å²) >= 11 is 0. The van der Waals surface area contributed by atoms with Crippen molar-refractivity contribution < 1.29 is 0 Å². The minimum atomic E-state index is 1.10. The average Bonchev–Trinajstić information content (AvgIpc) is 3.61. The smallest absolute Gasteiger partial charge is 0.00135 e. The van der Waals surface area contributed by atoms with Crippen LogP contribution < -0.4 is 0 Å².